The zero-order valence-electron chi connectivity index (χ0n) is 6.71. The lowest BCUT2D eigenvalue weighted by Gasteiger charge is -2.19. The lowest BCUT2D eigenvalue weighted by Crippen LogP contribution is -2.36. The van der Waals surface area contributed by atoms with Crippen LogP contribution in [0.4, 0.5) is 0 Å². The van der Waals surface area contributed by atoms with Crippen molar-refractivity contribution in [2.45, 2.75) is 5.25 Å². The van der Waals surface area contributed by atoms with Gasteiger partial charge in [-0.05, 0) is 0 Å². The quantitative estimate of drug-likeness (QED) is 0.663. The van der Waals surface area contributed by atoms with Gasteiger partial charge >= 0.3 is 0 Å². The van der Waals surface area contributed by atoms with E-state index < -0.39 is 0 Å². The second-order valence-electron chi connectivity index (χ2n) is 2.36. The SMILES string of the molecule is C#CCNC(=O)C1CSCCS1. The predicted molar refractivity (Wildman–Crippen MR) is 55.4 cm³/mol. The third-order valence-corrected chi connectivity index (χ3v) is 4.23. The largest absolute Gasteiger partial charge is 0.344 e. The maximum Gasteiger partial charge on any atom is 0.234 e. The Balaban J connectivity index is 2.26. The van der Waals surface area contributed by atoms with E-state index in [1.54, 1.807) is 11.8 Å². The molecule has 1 aliphatic rings. The highest BCUT2D eigenvalue weighted by molar-refractivity contribution is 8.07. The normalized spacial score (nSPS) is 22.8. The molecule has 0 spiro atoms. The molecule has 0 bridgehead atoms. The van der Waals surface area contributed by atoms with Crippen molar-refractivity contribution in [3.8, 4) is 12.3 Å². The molecule has 2 nitrogen and oxygen atoms in total. The van der Waals surface area contributed by atoms with E-state index in [-0.39, 0.29) is 11.2 Å². The van der Waals surface area contributed by atoms with E-state index in [9.17, 15) is 4.79 Å². The fourth-order valence-electron chi connectivity index (χ4n) is 0.891. The van der Waals surface area contributed by atoms with Gasteiger partial charge in [-0.3, -0.25) is 4.79 Å². The van der Waals surface area contributed by atoms with Gasteiger partial charge in [-0.15, -0.1) is 18.2 Å². The standard InChI is InChI=1S/C8H11NOS2/c1-2-3-9-8(10)7-6-11-4-5-12-7/h1,7H,3-6H2,(H,9,10). The summed E-state index contributed by atoms with van der Waals surface area (Å²) in [4.78, 5) is 11.3. The predicted octanol–water partition coefficient (Wildman–Crippen LogP) is 0.584. The van der Waals surface area contributed by atoms with Crippen LogP contribution in [0.15, 0.2) is 0 Å². The van der Waals surface area contributed by atoms with Gasteiger partial charge in [0, 0.05) is 17.3 Å². The van der Waals surface area contributed by atoms with Gasteiger partial charge in [0.1, 0.15) is 0 Å². The molecule has 1 N–H and O–H groups in total. The Morgan fingerprint density at radius 3 is 3.08 bits per heavy atom. The molecule has 1 atom stereocenters. The zero-order chi connectivity index (χ0) is 8.81. The average Bonchev–Trinajstić information content (AvgIpc) is 2.15. The van der Waals surface area contributed by atoms with Crippen molar-refractivity contribution in [3.63, 3.8) is 0 Å². The second kappa shape index (κ2) is 5.39. The molecule has 0 aliphatic carbocycles. The molecule has 1 fully saturated rings. The Labute approximate surface area is 81.2 Å². The highest BCUT2D eigenvalue weighted by atomic mass is 32.2. The van der Waals surface area contributed by atoms with Crippen LogP contribution in [0.2, 0.25) is 0 Å². The van der Waals surface area contributed by atoms with E-state index in [0.717, 1.165) is 17.3 Å². The Bertz CT molecular complexity index is 194. The van der Waals surface area contributed by atoms with Crippen molar-refractivity contribution in [3.05, 3.63) is 0 Å². The highest BCUT2D eigenvalue weighted by Gasteiger charge is 2.21. The van der Waals surface area contributed by atoms with E-state index in [1.807, 2.05) is 11.8 Å². The molecule has 66 valence electrons. The van der Waals surface area contributed by atoms with Crippen molar-refractivity contribution in [2.24, 2.45) is 0 Å². The van der Waals surface area contributed by atoms with Crippen LogP contribution in [-0.2, 0) is 4.79 Å². The topological polar surface area (TPSA) is 29.1 Å². The minimum Gasteiger partial charge on any atom is -0.344 e. The van der Waals surface area contributed by atoms with Gasteiger partial charge in [0.05, 0.1) is 11.8 Å². The van der Waals surface area contributed by atoms with Crippen molar-refractivity contribution < 1.29 is 4.79 Å². The molecule has 1 saturated heterocycles. The van der Waals surface area contributed by atoms with Crippen molar-refractivity contribution in [1.29, 1.82) is 0 Å². The first kappa shape index (κ1) is 9.82. The van der Waals surface area contributed by atoms with Crippen LogP contribution in [0.5, 0.6) is 0 Å². The number of hydrogen-bond donors (Lipinski definition) is 1. The number of terminal acetylenes is 1. The van der Waals surface area contributed by atoms with Crippen molar-refractivity contribution in [2.75, 3.05) is 23.8 Å². The first-order valence-electron chi connectivity index (χ1n) is 3.75. The number of carbonyl (C=O) groups excluding carboxylic acids is 1. The molecular weight excluding hydrogens is 190 g/mol. The third kappa shape index (κ3) is 3.00. The Morgan fingerprint density at radius 2 is 2.50 bits per heavy atom. The van der Waals surface area contributed by atoms with E-state index >= 15 is 0 Å². The molecule has 0 radical (unpaired) electrons. The molecule has 0 aromatic rings. The summed E-state index contributed by atoms with van der Waals surface area (Å²) in [5.74, 6) is 5.62. The van der Waals surface area contributed by atoms with Gasteiger partial charge in [0.2, 0.25) is 5.91 Å². The first-order chi connectivity index (χ1) is 5.84. The zero-order valence-corrected chi connectivity index (χ0v) is 8.34. The van der Waals surface area contributed by atoms with Gasteiger partial charge in [-0.1, -0.05) is 5.92 Å². The Kier molecular flexibility index (Phi) is 4.41. The number of thioether (sulfide) groups is 2. The third-order valence-electron chi connectivity index (χ3n) is 1.47. The van der Waals surface area contributed by atoms with Gasteiger partial charge < -0.3 is 5.32 Å². The minimum atomic E-state index is 0.0881. The number of carbonyl (C=O) groups is 1. The number of nitrogens with one attached hydrogen (secondary N) is 1. The average molecular weight is 201 g/mol. The van der Waals surface area contributed by atoms with Gasteiger partial charge in [-0.2, -0.15) is 11.8 Å². The minimum absolute atomic E-state index is 0.0881. The summed E-state index contributed by atoms with van der Waals surface area (Å²) in [5, 5.41) is 2.80. The van der Waals surface area contributed by atoms with Crippen LogP contribution in [0.25, 0.3) is 0 Å². The van der Waals surface area contributed by atoms with Crippen molar-refractivity contribution >= 4 is 29.4 Å². The smallest absolute Gasteiger partial charge is 0.234 e. The summed E-state index contributed by atoms with van der Waals surface area (Å²) < 4.78 is 0. The molecule has 1 amide bonds. The lowest BCUT2D eigenvalue weighted by molar-refractivity contribution is -0.119. The molecule has 1 unspecified atom stereocenters. The van der Waals surface area contributed by atoms with Gasteiger partial charge in [0.25, 0.3) is 0 Å². The van der Waals surface area contributed by atoms with Crippen LogP contribution < -0.4 is 5.32 Å². The fourth-order valence-corrected chi connectivity index (χ4v) is 3.47. The maximum atomic E-state index is 11.3. The molecular formula is C8H11NOS2. The molecule has 1 rings (SSSR count). The molecule has 12 heavy (non-hydrogen) atoms. The maximum absolute atomic E-state index is 11.3. The van der Waals surface area contributed by atoms with Crippen LogP contribution in [0, 0.1) is 12.3 Å². The highest BCUT2D eigenvalue weighted by Crippen LogP contribution is 2.23. The monoisotopic (exact) mass is 201 g/mol. The van der Waals surface area contributed by atoms with Crippen molar-refractivity contribution in [1.82, 2.24) is 5.32 Å². The summed E-state index contributed by atoms with van der Waals surface area (Å²) in [6.07, 6.45) is 5.03. The molecule has 0 saturated carbocycles. The van der Waals surface area contributed by atoms with E-state index in [1.165, 1.54) is 0 Å². The van der Waals surface area contributed by atoms with Gasteiger partial charge in [0.15, 0.2) is 0 Å². The van der Waals surface area contributed by atoms with E-state index in [2.05, 4.69) is 11.2 Å². The van der Waals surface area contributed by atoms with Gasteiger partial charge in [-0.25, -0.2) is 0 Å². The molecule has 4 heteroatoms. The van der Waals surface area contributed by atoms with E-state index in [4.69, 9.17) is 6.42 Å². The number of amides is 1. The first-order valence-corrected chi connectivity index (χ1v) is 5.95. The summed E-state index contributed by atoms with van der Waals surface area (Å²) in [6, 6.07) is 0. The molecule has 0 aromatic heterocycles. The number of rotatable bonds is 2. The molecule has 1 heterocycles. The summed E-state index contributed by atoms with van der Waals surface area (Å²) in [5.41, 5.74) is 0. The van der Waals surface area contributed by atoms with Crippen LogP contribution in [-0.4, -0.2) is 35.0 Å². The molecule has 0 aromatic carbocycles. The second-order valence-corrected chi connectivity index (χ2v) is 4.82. The molecule has 1 aliphatic heterocycles. The summed E-state index contributed by atoms with van der Waals surface area (Å²) >= 11 is 3.55. The van der Waals surface area contributed by atoms with Crippen LogP contribution in [0.3, 0.4) is 0 Å². The number of hydrogen-bond acceptors (Lipinski definition) is 3. The summed E-state index contributed by atoms with van der Waals surface area (Å²) in [7, 11) is 0. The summed E-state index contributed by atoms with van der Waals surface area (Å²) in [6.45, 7) is 0.348. The Hall–Kier alpha value is -0.270. The Morgan fingerprint density at radius 1 is 1.67 bits per heavy atom. The van der Waals surface area contributed by atoms with Crippen LogP contribution in [0.1, 0.15) is 0 Å². The van der Waals surface area contributed by atoms with Crippen LogP contribution >= 0.6 is 23.5 Å². The lowest BCUT2D eigenvalue weighted by atomic mass is 10.4. The fraction of sp³-hybridized carbons (Fsp3) is 0.625. The van der Waals surface area contributed by atoms with E-state index in [0.29, 0.717) is 6.54 Å².